The van der Waals surface area contributed by atoms with Crippen molar-refractivity contribution in [3.05, 3.63) is 11.7 Å². The van der Waals surface area contributed by atoms with Crippen LogP contribution in [0.5, 0.6) is 0 Å². The van der Waals surface area contributed by atoms with Crippen molar-refractivity contribution in [1.29, 1.82) is 0 Å². The van der Waals surface area contributed by atoms with Gasteiger partial charge in [0.1, 0.15) is 0 Å². The number of nitrogens with zero attached hydrogens (tertiary/aromatic N) is 2. The second-order valence-corrected chi connectivity index (χ2v) is 5.48. The van der Waals surface area contributed by atoms with Gasteiger partial charge >= 0.3 is 6.18 Å². The first kappa shape index (κ1) is 14.6. The van der Waals surface area contributed by atoms with Crippen molar-refractivity contribution in [2.45, 2.75) is 56.5 Å². The second-order valence-electron chi connectivity index (χ2n) is 4.96. The molecule has 1 aromatic rings. The minimum Gasteiger partial charge on any atom is -0.339 e. The van der Waals surface area contributed by atoms with E-state index in [2.05, 4.69) is 10.1 Å². The van der Waals surface area contributed by atoms with Crippen molar-refractivity contribution in [2.75, 3.05) is 0 Å². The Balaban J connectivity index is 1.96. The molecule has 1 atom stereocenters. The molecule has 0 aromatic carbocycles. The molecule has 0 amide bonds. The van der Waals surface area contributed by atoms with Crippen LogP contribution >= 0.6 is 11.6 Å². The number of hydrogen-bond donors (Lipinski definition) is 0. The zero-order valence-electron chi connectivity index (χ0n) is 10.6. The van der Waals surface area contributed by atoms with Crippen molar-refractivity contribution >= 4 is 11.6 Å². The predicted molar refractivity (Wildman–Crippen MR) is 63.9 cm³/mol. The molecular formula is C12H16ClF3N2O. The number of rotatable bonds is 3. The number of alkyl halides is 4. The van der Waals surface area contributed by atoms with Crippen molar-refractivity contribution in [3.63, 3.8) is 0 Å². The van der Waals surface area contributed by atoms with Gasteiger partial charge in [0.05, 0.1) is 11.3 Å². The van der Waals surface area contributed by atoms with E-state index in [0.29, 0.717) is 31.0 Å². The Morgan fingerprint density at radius 1 is 1.32 bits per heavy atom. The molecule has 3 nitrogen and oxygen atoms in total. The Morgan fingerprint density at radius 3 is 2.47 bits per heavy atom. The smallest absolute Gasteiger partial charge is 0.339 e. The summed E-state index contributed by atoms with van der Waals surface area (Å²) in [5, 5.41) is 3.49. The molecule has 0 N–H and O–H groups in total. The Hall–Kier alpha value is -0.780. The van der Waals surface area contributed by atoms with Gasteiger partial charge in [-0.2, -0.15) is 18.2 Å². The van der Waals surface area contributed by atoms with Gasteiger partial charge in [-0.25, -0.2) is 0 Å². The van der Waals surface area contributed by atoms with E-state index in [-0.39, 0.29) is 24.1 Å². The molecule has 19 heavy (non-hydrogen) atoms. The maximum absolute atomic E-state index is 12.6. The average molecular weight is 297 g/mol. The van der Waals surface area contributed by atoms with E-state index >= 15 is 0 Å². The highest BCUT2D eigenvalue weighted by Gasteiger charge is 2.42. The molecule has 0 saturated heterocycles. The highest BCUT2D eigenvalue weighted by Crippen LogP contribution is 2.42. The lowest BCUT2D eigenvalue weighted by molar-refractivity contribution is -0.182. The quantitative estimate of drug-likeness (QED) is 0.765. The highest BCUT2D eigenvalue weighted by atomic mass is 35.5. The van der Waals surface area contributed by atoms with Crippen LogP contribution in [0.4, 0.5) is 13.2 Å². The third-order valence-electron chi connectivity index (χ3n) is 3.64. The van der Waals surface area contributed by atoms with E-state index < -0.39 is 12.1 Å². The van der Waals surface area contributed by atoms with E-state index in [4.69, 9.17) is 16.1 Å². The van der Waals surface area contributed by atoms with Gasteiger partial charge in [0, 0.05) is 5.92 Å². The largest absolute Gasteiger partial charge is 0.391 e. The van der Waals surface area contributed by atoms with Gasteiger partial charge in [0.25, 0.3) is 0 Å². The molecular weight excluding hydrogens is 281 g/mol. The second kappa shape index (κ2) is 5.69. The minimum atomic E-state index is -4.09. The van der Waals surface area contributed by atoms with Gasteiger partial charge < -0.3 is 4.52 Å². The number of hydrogen-bond acceptors (Lipinski definition) is 3. The molecule has 1 aromatic heterocycles. The zero-order chi connectivity index (χ0) is 14.0. The molecule has 7 heteroatoms. The molecule has 0 radical (unpaired) electrons. The first-order valence-corrected chi connectivity index (χ1v) is 6.89. The molecule has 2 rings (SSSR count). The van der Waals surface area contributed by atoms with Crippen LogP contribution in [-0.2, 0) is 0 Å². The lowest BCUT2D eigenvalue weighted by atomic mass is 9.81. The third-order valence-corrected chi connectivity index (χ3v) is 4.14. The summed E-state index contributed by atoms with van der Waals surface area (Å²) in [6.45, 7) is 1.90. The maximum atomic E-state index is 12.6. The normalized spacial score (nSPS) is 26.4. The Bertz CT molecular complexity index is 413. The van der Waals surface area contributed by atoms with Crippen LogP contribution < -0.4 is 0 Å². The summed E-state index contributed by atoms with van der Waals surface area (Å²) in [6, 6.07) is 0. The van der Waals surface area contributed by atoms with Crippen molar-refractivity contribution in [2.24, 2.45) is 5.92 Å². The van der Waals surface area contributed by atoms with Gasteiger partial charge in [-0.1, -0.05) is 12.1 Å². The molecule has 0 bridgehead atoms. The summed E-state index contributed by atoms with van der Waals surface area (Å²) in [5.74, 6) is -0.407. The monoisotopic (exact) mass is 296 g/mol. The van der Waals surface area contributed by atoms with E-state index in [9.17, 15) is 13.2 Å². The molecule has 1 heterocycles. The number of halogens is 4. The lowest BCUT2D eigenvalue weighted by Crippen LogP contribution is -2.27. The molecule has 1 saturated carbocycles. The minimum absolute atomic E-state index is 0.0689. The van der Waals surface area contributed by atoms with Gasteiger partial charge in [-0.05, 0) is 32.1 Å². The van der Waals surface area contributed by atoms with E-state index in [0.717, 1.165) is 0 Å². The standard InChI is InChI=1S/C12H16ClF3N2O/c1-2-9(13)10-17-11(19-18-10)7-3-5-8(6-4-7)12(14,15)16/h7-9H,2-6H2,1H3. The van der Waals surface area contributed by atoms with Crippen LogP contribution in [0.2, 0.25) is 0 Å². The van der Waals surface area contributed by atoms with Crippen LogP contribution in [0.3, 0.4) is 0 Å². The summed E-state index contributed by atoms with van der Waals surface area (Å²) in [6.07, 6.45) is -2.28. The molecule has 1 unspecified atom stereocenters. The van der Waals surface area contributed by atoms with Crippen molar-refractivity contribution in [1.82, 2.24) is 10.1 Å². The van der Waals surface area contributed by atoms with Crippen molar-refractivity contribution in [3.8, 4) is 0 Å². The van der Waals surface area contributed by atoms with Gasteiger partial charge in [-0.3, -0.25) is 0 Å². The maximum Gasteiger partial charge on any atom is 0.391 e. The Morgan fingerprint density at radius 2 is 1.95 bits per heavy atom. The topological polar surface area (TPSA) is 38.9 Å². The SMILES string of the molecule is CCC(Cl)c1noc(C2CCC(C(F)(F)F)CC2)n1. The fraction of sp³-hybridized carbons (Fsp3) is 0.833. The zero-order valence-corrected chi connectivity index (χ0v) is 11.3. The van der Waals surface area contributed by atoms with Crippen LogP contribution in [0.1, 0.15) is 62.0 Å². The van der Waals surface area contributed by atoms with Crippen LogP contribution in [0.15, 0.2) is 4.52 Å². The summed E-state index contributed by atoms with van der Waals surface area (Å²) in [7, 11) is 0. The summed E-state index contributed by atoms with van der Waals surface area (Å²) < 4.78 is 42.8. The van der Waals surface area contributed by atoms with Crippen LogP contribution in [0.25, 0.3) is 0 Å². The van der Waals surface area contributed by atoms with Gasteiger partial charge in [0.2, 0.25) is 5.89 Å². The van der Waals surface area contributed by atoms with Gasteiger partial charge in [0.15, 0.2) is 5.82 Å². The Kier molecular flexibility index (Phi) is 4.38. The Labute approximate surface area is 114 Å². The summed E-state index contributed by atoms with van der Waals surface area (Å²) >= 11 is 5.99. The van der Waals surface area contributed by atoms with E-state index in [1.165, 1.54) is 0 Å². The van der Waals surface area contributed by atoms with Crippen LogP contribution in [0, 0.1) is 5.92 Å². The number of aromatic nitrogens is 2. The highest BCUT2D eigenvalue weighted by molar-refractivity contribution is 6.20. The van der Waals surface area contributed by atoms with Gasteiger partial charge in [-0.15, -0.1) is 11.6 Å². The van der Waals surface area contributed by atoms with Crippen LogP contribution in [-0.4, -0.2) is 16.3 Å². The first-order valence-electron chi connectivity index (χ1n) is 6.46. The van der Waals surface area contributed by atoms with Crippen molar-refractivity contribution < 1.29 is 17.7 Å². The van der Waals surface area contributed by atoms with E-state index in [1.54, 1.807) is 0 Å². The lowest BCUT2D eigenvalue weighted by Gasteiger charge is -2.27. The first-order chi connectivity index (χ1) is 8.91. The summed E-state index contributed by atoms with van der Waals surface area (Å²) in [5.41, 5.74) is 0. The fourth-order valence-corrected chi connectivity index (χ4v) is 2.48. The predicted octanol–water partition coefficient (Wildman–Crippen LogP) is 4.60. The van der Waals surface area contributed by atoms with E-state index in [1.807, 2.05) is 6.92 Å². The molecule has 108 valence electrons. The fourth-order valence-electron chi connectivity index (χ4n) is 2.39. The average Bonchev–Trinajstić information content (AvgIpc) is 2.86. The molecule has 1 aliphatic carbocycles. The summed E-state index contributed by atoms with van der Waals surface area (Å²) in [4.78, 5) is 4.20. The third kappa shape index (κ3) is 3.41. The molecule has 0 aliphatic heterocycles. The molecule has 1 fully saturated rings. The molecule has 0 spiro atoms. The molecule has 1 aliphatic rings.